The van der Waals surface area contributed by atoms with E-state index in [0.717, 1.165) is 19.2 Å². The first-order chi connectivity index (χ1) is 16.0. The molecule has 35 heavy (non-hydrogen) atoms. The van der Waals surface area contributed by atoms with Crippen LogP contribution in [0.1, 0.15) is 20.8 Å². The topological polar surface area (TPSA) is 114 Å². The molecule has 0 radical (unpaired) electrons. The summed E-state index contributed by atoms with van der Waals surface area (Å²) in [4.78, 5) is 10.9. The average Bonchev–Trinajstić information content (AvgIpc) is 3.41. The van der Waals surface area contributed by atoms with Crippen molar-refractivity contribution < 1.29 is 58.7 Å². The lowest BCUT2D eigenvalue weighted by atomic mass is 10.1. The normalized spacial score (nSPS) is 13.5. The zero-order chi connectivity index (χ0) is 26.5. The van der Waals surface area contributed by atoms with Crippen LogP contribution >= 0.6 is 11.3 Å². The molecule has 188 valence electrons. The number of hydrogen-bond acceptors (Lipinski definition) is 7. The summed E-state index contributed by atoms with van der Waals surface area (Å²) in [5.41, 5.74) is -4.37. The summed E-state index contributed by atoms with van der Waals surface area (Å²) in [6.45, 7) is 0. The molecule has 0 amide bonds. The monoisotopic (exact) mass is 534 g/mol. The summed E-state index contributed by atoms with van der Waals surface area (Å²) in [5, 5.41) is 24.4. The van der Waals surface area contributed by atoms with E-state index in [-0.39, 0.29) is 20.2 Å². The van der Waals surface area contributed by atoms with Gasteiger partial charge in [0.05, 0.1) is 10.4 Å². The van der Waals surface area contributed by atoms with Crippen molar-refractivity contribution in [1.82, 2.24) is 14.9 Å². The van der Waals surface area contributed by atoms with Crippen LogP contribution in [0.15, 0.2) is 16.7 Å². The van der Waals surface area contributed by atoms with Crippen molar-refractivity contribution in [2.24, 2.45) is 7.05 Å². The van der Waals surface area contributed by atoms with Crippen LogP contribution in [-0.4, -0.2) is 44.5 Å². The number of aryl methyl sites for hydroxylation is 1. The number of thiophene rings is 1. The molecule has 0 aliphatic heterocycles. The van der Waals surface area contributed by atoms with Gasteiger partial charge in [-0.1, -0.05) is 5.16 Å². The van der Waals surface area contributed by atoms with Crippen LogP contribution in [0.2, 0.25) is 0 Å². The van der Waals surface area contributed by atoms with Crippen molar-refractivity contribution in [3.63, 3.8) is 0 Å². The van der Waals surface area contributed by atoms with Crippen LogP contribution in [0.5, 0.6) is 5.88 Å². The number of nitriles is 1. The van der Waals surface area contributed by atoms with Crippen molar-refractivity contribution in [1.29, 1.82) is 5.26 Å². The predicted octanol–water partition coefficient (Wildman–Crippen LogP) is 5.26. The first kappa shape index (κ1) is 25.9. The minimum absolute atomic E-state index is 0.0538. The largest absolute Gasteiger partial charge is 0.478 e. The molecule has 0 saturated carbocycles. The minimum Gasteiger partial charge on any atom is -0.478 e. The van der Waals surface area contributed by atoms with Gasteiger partial charge in [0.1, 0.15) is 27.9 Å². The smallest absolute Gasteiger partial charge is 0.440 e. The van der Waals surface area contributed by atoms with E-state index in [1.54, 1.807) is 6.07 Å². The van der Waals surface area contributed by atoms with Crippen molar-refractivity contribution >= 4 is 17.3 Å². The maximum atomic E-state index is 13.7. The number of carboxylic acid groups (broad SMARTS) is 1. The molecule has 0 aliphatic carbocycles. The number of nitrogens with zero attached hydrogens (tertiary/aromatic N) is 4. The van der Waals surface area contributed by atoms with Crippen LogP contribution in [-0.2, 0) is 13.2 Å². The van der Waals surface area contributed by atoms with E-state index in [9.17, 15) is 44.3 Å². The Balaban J connectivity index is 2.10. The lowest BCUT2D eigenvalue weighted by Gasteiger charge is -2.22. The molecule has 3 heterocycles. The van der Waals surface area contributed by atoms with E-state index in [4.69, 9.17) is 14.9 Å². The van der Waals surface area contributed by atoms with Gasteiger partial charge in [-0.15, -0.1) is 16.4 Å². The lowest BCUT2D eigenvalue weighted by molar-refractivity contribution is -0.306. The number of carboxylic acids is 1. The maximum Gasteiger partial charge on any atom is 0.440 e. The zero-order valence-electron chi connectivity index (χ0n) is 16.5. The van der Waals surface area contributed by atoms with Gasteiger partial charge >= 0.3 is 24.4 Å². The van der Waals surface area contributed by atoms with Crippen LogP contribution in [0, 0.1) is 11.3 Å². The second-order valence-corrected chi connectivity index (χ2v) is 7.62. The maximum absolute atomic E-state index is 13.7. The third-order valence-corrected chi connectivity index (χ3v) is 5.23. The lowest BCUT2D eigenvalue weighted by Crippen LogP contribution is -2.46. The van der Waals surface area contributed by atoms with Crippen molar-refractivity contribution in [2.75, 3.05) is 0 Å². The van der Waals surface area contributed by atoms with Crippen molar-refractivity contribution in [2.45, 2.75) is 24.6 Å². The van der Waals surface area contributed by atoms with E-state index in [1.807, 2.05) is 0 Å². The van der Waals surface area contributed by atoms with E-state index in [1.165, 1.54) is 0 Å². The molecule has 1 atom stereocenters. The second kappa shape index (κ2) is 8.48. The number of rotatable bonds is 6. The highest BCUT2D eigenvalue weighted by Crippen LogP contribution is 2.46. The quantitative estimate of drug-likeness (QED) is 0.429. The first-order valence-corrected chi connectivity index (χ1v) is 9.45. The van der Waals surface area contributed by atoms with Gasteiger partial charge in [-0.2, -0.15) is 40.4 Å². The fourth-order valence-electron chi connectivity index (χ4n) is 2.75. The Morgan fingerprint density at radius 3 is 2.34 bits per heavy atom. The molecule has 3 aromatic heterocycles. The Morgan fingerprint density at radius 1 is 1.23 bits per heavy atom. The van der Waals surface area contributed by atoms with Gasteiger partial charge in [0, 0.05) is 13.1 Å². The molecule has 1 unspecified atom stereocenters. The summed E-state index contributed by atoms with van der Waals surface area (Å²) in [7, 11) is 0.780. The first-order valence-electron chi connectivity index (χ1n) is 8.63. The molecule has 0 spiro atoms. The van der Waals surface area contributed by atoms with E-state index >= 15 is 0 Å². The van der Waals surface area contributed by atoms with Gasteiger partial charge in [0.15, 0.2) is 5.76 Å². The summed E-state index contributed by atoms with van der Waals surface area (Å²) in [6, 6.07) is 3.38. The van der Waals surface area contributed by atoms with E-state index in [0.29, 0.717) is 11.3 Å². The Kier molecular flexibility index (Phi) is 6.27. The summed E-state index contributed by atoms with van der Waals surface area (Å²) >= 11 is 0.590. The molecule has 0 saturated heterocycles. The molecule has 18 heteroatoms. The van der Waals surface area contributed by atoms with Gasteiger partial charge in [0.2, 0.25) is 0 Å². The van der Waals surface area contributed by atoms with Gasteiger partial charge < -0.3 is 14.4 Å². The van der Waals surface area contributed by atoms with E-state index in [2.05, 4.69) is 15.0 Å². The highest BCUT2D eigenvalue weighted by Gasteiger charge is 2.60. The van der Waals surface area contributed by atoms with Crippen LogP contribution in [0.4, 0.5) is 39.5 Å². The molecule has 1 N–H and O–H groups in total. The highest BCUT2D eigenvalue weighted by atomic mass is 32.1. The number of carbonyl (C=O) groups is 1. The fraction of sp³-hybridized carbons (Fsp3) is 0.294. The zero-order valence-corrected chi connectivity index (χ0v) is 17.3. The molecular weight excluding hydrogens is 527 g/mol. The van der Waals surface area contributed by atoms with Gasteiger partial charge in [-0.05, 0) is 6.07 Å². The third kappa shape index (κ3) is 4.89. The van der Waals surface area contributed by atoms with Crippen molar-refractivity contribution in [3.8, 4) is 34.0 Å². The number of halogens is 9. The molecule has 3 aromatic rings. The van der Waals surface area contributed by atoms with Gasteiger partial charge in [-0.3, -0.25) is 4.68 Å². The Bertz CT molecular complexity index is 1320. The summed E-state index contributed by atoms with van der Waals surface area (Å²) in [5.74, 6) is -3.88. The van der Waals surface area contributed by atoms with Gasteiger partial charge in [0.25, 0.3) is 12.1 Å². The average molecular weight is 534 g/mol. The van der Waals surface area contributed by atoms with Crippen molar-refractivity contribution in [3.05, 3.63) is 28.1 Å². The number of ether oxygens (including phenoxy) is 1. The molecule has 8 nitrogen and oxygen atoms in total. The summed E-state index contributed by atoms with van der Waals surface area (Å²) < 4.78 is 127. The predicted molar refractivity (Wildman–Crippen MR) is 95.2 cm³/mol. The molecular formula is C17H7F9N4O4S. The third-order valence-electron chi connectivity index (χ3n) is 4.17. The van der Waals surface area contributed by atoms with Crippen LogP contribution < -0.4 is 4.74 Å². The molecule has 0 bridgehead atoms. The summed E-state index contributed by atoms with van der Waals surface area (Å²) in [6.07, 6.45) is -22.4. The van der Waals surface area contributed by atoms with Gasteiger partial charge in [-0.25, -0.2) is 9.18 Å². The molecule has 3 rings (SSSR count). The second-order valence-electron chi connectivity index (χ2n) is 6.56. The molecule has 0 fully saturated rings. The van der Waals surface area contributed by atoms with Crippen LogP contribution in [0.25, 0.3) is 22.0 Å². The van der Waals surface area contributed by atoms with E-state index < -0.39 is 59.0 Å². The SMILES string of the molecule is Cn1nc(OC(F)(F)C(F)C(F)(F)F)c(C(F)(F)F)c1-c1cc(-c2cc(C(=O)O)c(C#N)s2)on1. The van der Waals surface area contributed by atoms with Crippen LogP contribution in [0.3, 0.4) is 0 Å². The Labute approximate surface area is 190 Å². The number of aromatic carboxylic acids is 1. The Morgan fingerprint density at radius 2 is 1.86 bits per heavy atom. The number of aromatic nitrogens is 3. The molecule has 0 aliphatic rings. The minimum atomic E-state index is -6.15. The number of hydrogen-bond donors (Lipinski definition) is 1. The number of alkyl halides is 9. The fourth-order valence-corrected chi connectivity index (χ4v) is 3.64. The Hall–Kier alpha value is -3.75. The highest BCUT2D eigenvalue weighted by molar-refractivity contribution is 7.16. The standard InChI is InChI=1S/C17H7F9N4O4S/c1-30-11(6-3-7(34-29-6)8-2-5(13(31)32)9(4-27)35-8)10(15(19,20)21)12(28-30)33-17(25,26)14(18)16(22,23)24/h2-3,14H,1H3,(H,31,32). The molecule has 0 aromatic carbocycles.